The zero-order chi connectivity index (χ0) is 15.2. The maximum atomic E-state index is 6.04. The average Bonchev–Trinajstić information content (AvgIpc) is 2.79. The highest BCUT2D eigenvalue weighted by Gasteiger charge is 2.09. The Morgan fingerprint density at radius 3 is 2.71 bits per heavy atom. The summed E-state index contributed by atoms with van der Waals surface area (Å²) in [5.41, 5.74) is 0. The topological polar surface area (TPSA) is 39.9 Å². The van der Waals surface area contributed by atoms with Crippen LogP contribution in [0.1, 0.15) is 5.82 Å². The lowest BCUT2D eigenvalue weighted by molar-refractivity contribution is 0.344. The van der Waals surface area contributed by atoms with Crippen molar-refractivity contribution in [1.82, 2.24) is 14.8 Å². The largest absolute Gasteiger partial charge is 0.490 e. The molecule has 4 nitrogen and oxygen atoms in total. The molecule has 0 aliphatic carbocycles. The Labute approximate surface area is 138 Å². The molecule has 0 fully saturated rings. The molecule has 0 atom stereocenters. The Balaban J connectivity index is 1.89. The molecule has 21 heavy (non-hydrogen) atoms. The molecule has 0 N–H and O–H groups in total. The van der Waals surface area contributed by atoms with E-state index in [0.717, 1.165) is 16.7 Å². The number of para-hydroxylation sites is 1. The molecular formula is C14H15Cl2N3OS. The first kappa shape index (κ1) is 16.2. The van der Waals surface area contributed by atoms with Crippen LogP contribution in [0.15, 0.2) is 36.0 Å². The van der Waals surface area contributed by atoms with E-state index in [9.17, 15) is 0 Å². The van der Waals surface area contributed by atoms with Crippen molar-refractivity contribution in [2.45, 2.75) is 18.6 Å². The lowest BCUT2D eigenvalue weighted by atomic mass is 10.3. The standard InChI is InChI=1S/C14H15Cl2N3OS/c1-3-7-19-10(2)17-18-14(19)21-9-8-20-13-11(15)5-4-6-12(13)16/h3-6H,1,7-9H2,2H3. The highest BCUT2D eigenvalue weighted by atomic mass is 35.5. The Morgan fingerprint density at radius 1 is 1.33 bits per heavy atom. The molecule has 7 heteroatoms. The van der Waals surface area contributed by atoms with Crippen molar-refractivity contribution in [2.75, 3.05) is 12.4 Å². The summed E-state index contributed by atoms with van der Waals surface area (Å²) < 4.78 is 7.63. The minimum absolute atomic E-state index is 0.480. The van der Waals surface area contributed by atoms with Gasteiger partial charge >= 0.3 is 0 Å². The third kappa shape index (κ3) is 4.15. The van der Waals surface area contributed by atoms with Gasteiger partial charge < -0.3 is 9.30 Å². The van der Waals surface area contributed by atoms with Crippen molar-refractivity contribution in [1.29, 1.82) is 0 Å². The van der Waals surface area contributed by atoms with Crippen molar-refractivity contribution in [2.24, 2.45) is 0 Å². The second-order valence-corrected chi connectivity index (χ2v) is 6.05. The smallest absolute Gasteiger partial charge is 0.191 e. The van der Waals surface area contributed by atoms with Crippen LogP contribution in [-0.4, -0.2) is 27.1 Å². The number of thioether (sulfide) groups is 1. The molecule has 0 aliphatic heterocycles. The zero-order valence-corrected chi connectivity index (χ0v) is 13.9. The van der Waals surface area contributed by atoms with Crippen LogP contribution >= 0.6 is 35.0 Å². The maximum absolute atomic E-state index is 6.04. The van der Waals surface area contributed by atoms with Crippen LogP contribution in [0.25, 0.3) is 0 Å². The lowest BCUT2D eigenvalue weighted by Crippen LogP contribution is -2.04. The van der Waals surface area contributed by atoms with Crippen LogP contribution in [-0.2, 0) is 6.54 Å². The molecule has 0 saturated carbocycles. The van der Waals surface area contributed by atoms with Crippen LogP contribution in [0, 0.1) is 6.92 Å². The third-order valence-electron chi connectivity index (χ3n) is 2.69. The molecule has 112 valence electrons. The number of halogens is 2. The monoisotopic (exact) mass is 343 g/mol. The van der Waals surface area contributed by atoms with Crippen molar-refractivity contribution < 1.29 is 4.74 Å². The van der Waals surface area contributed by atoms with E-state index in [0.29, 0.717) is 28.9 Å². The van der Waals surface area contributed by atoms with Gasteiger partial charge in [-0.25, -0.2) is 0 Å². The summed E-state index contributed by atoms with van der Waals surface area (Å²) in [6.45, 7) is 6.82. The van der Waals surface area contributed by atoms with Crippen LogP contribution in [0.5, 0.6) is 5.75 Å². The maximum Gasteiger partial charge on any atom is 0.191 e. The molecule has 0 spiro atoms. The van der Waals surface area contributed by atoms with Gasteiger partial charge in [-0.3, -0.25) is 0 Å². The molecule has 0 unspecified atom stereocenters. The Kier molecular flexibility index (Phi) is 5.96. The summed E-state index contributed by atoms with van der Waals surface area (Å²) in [6, 6.07) is 5.28. The Hall–Kier alpha value is -1.17. The summed E-state index contributed by atoms with van der Waals surface area (Å²) in [6.07, 6.45) is 1.82. The second-order valence-electron chi connectivity index (χ2n) is 4.18. The molecule has 0 amide bonds. The van der Waals surface area contributed by atoms with Gasteiger partial charge in [0, 0.05) is 12.3 Å². The van der Waals surface area contributed by atoms with Gasteiger partial charge in [0.2, 0.25) is 0 Å². The first-order valence-electron chi connectivity index (χ1n) is 6.33. The van der Waals surface area contributed by atoms with Crippen molar-refractivity contribution in [3.63, 3.8) is 0 Å². The molecule has 0 bridgehead atoms. The summed E-state index contributed by atoms with van der Waals surface area (Å²) in [5.74, 6) is 2.11. The lowest BCUT2D eigenvalue weighted by Gasteiger charge is -2.09. The Bertz CT molecular complexity index is 610. The number of hydrogen-bond acceptors (Lipinski definition) is 4. The fraction of sp³-hybridized carbons (Fsp3) is 0.286. The molecule has 0 aliphatic rings. The fourth-order valence-electron chi connectivity index (χ4n) is 1.70. The van der Waals surface area contributed by atoms with Crippen LogP contribution in [0.3, 0.4) is 0 Å². The van der Waals surface area contributed by atoms with E-state index >= 15 is 0 Å². The van der Waals surface area contributed by atoms with E-state index in [4.69, 9.17) is 27.9 Å². The van der Waals surface area contributed by atoms with Gasteiger partial charge in [-0.05, 0) is 19.1 Å². The number of benzene rings is 1. The van der Waals surface area contributed by atoms with E-state index in [2.05, 4.69) is 16.8 Å². The fourth-order valence-corrected chi connectivity index (χ4v) is 3.02. The first-order chi connectivity index (χ1) is 10.1. The van der Waals surface area contributed by atoms with Crippen LogP contribution < -0.4 is 4.74 Å². The van der Waals surface area contributed by atoms with E-state index in [1.807, 2.05) is 17.6 Å². The zero-order valence-electron chi connectivity index (χ0n) is 11.6. The van der Waals surface area contributed by atoms with E-state index in [-0.39, 0.29) is 0 Å². The van der Waals surface area contributed by atoms with Gasteiger partial charge in [-0.2, -0.15) is 0 Å². The molecular weight excluding hydrogens is 329 g/mol. The summed E-state index contributed by atoms with van der Waals surface area (Å²) in [7, 11) is 0. The number of nitrogens with zero attached hydrogens (tertiary/aromatic N) is 3. The number of aryl methyl sites for hydroxylation is 1. The molecule has 2 aromatic rings. The van der Waals surface area contributed by atoms with Gasteiger partial charge in [0.1, 0.15) is 5.82 Å². The number of aromatic nitrogens is 3. The number of allylic oxidation sites excluding steroid dienone is 1. The highest BCUT2D eigenvalue weighted by molar-refractivity contribution is 7.99. The summed E-state index contributed by atoms with van der Waals surface area (Å²) in [5, 5.41) is 10.1. The van der Waals surface area contributed by atoms with Crippen molar-refractivity contribution in [3.05, 3.63) is 46.7 Å². The SMILES string of the molecule is C=CCn1c(C)nnc1SCCOc1c(Cl)cccc1Cl. The van der Waals surface area contributed by atoms with Gasteiger partial charge in [0.05, 0.1) is 16.7 Å². The second kappa shape index (κ2) is 7.73. The highest BCUT2D eigenvalue weighted by Crippen LogP contribution is 2.32. The Morgan fingerprint density at radius 2 is 2.05 bits per heavy atom. The van der Waals surface area contributed by atoms with Gasteiger partial charge in [-0.1, -0.05) is 47.1 Å². The van der Waals surface area contributed by atoms with Gasteiger partial charge in [0.25, 0.3) is 0 Å². The normalized spacial score (nSPS) is 10.6. The van der Waals surface area contributed by atoms with Crippen LogP contribution in [0.2, 0.25) is 10.0 Å². The molecule has 0 saturated heterocycles. The summed E-state index contributed by atoms with van der Waals surface area (Å²) >= 11 is 13.7. The van der Waals surface area contributed by atoms with E-state index < -0.39 is 0 Å². The number of rotatable bonds is 7. The van der Waals surface area contributed by atoms with Gasteiger partial charge in [-0.15, -0.1) is 16.8 Å². The molecule has 1 aromatic heterocycles. The minimum atomic E-state index is 0.480. The predicted molar refractivity (Wildman–Crippen MR) is 87.6 cm³/mol. The number of ether oxygens (including phenoxy) is 1. The third-order valence-corrected chi connectivity index (χ3v) is 4.22. The molecule has 0 radical (unpaired) electrons. The van der Waals surface area contributed by atoms with Gasteiger partial charge in [0.15, 0.2) is 10.9 Å². The van der Waals surface area contributed by atoms with Crippen molar-refractivity contribution in [3.8, 4) is 5.75 Å². The quantitative estimate of drug-likeness (QED) is 0.428. The minimum Gasteiger partial charge on any atom is -0.490 e. The van der Waals surface area contributed by atoms with Crippen LogP contribution in [0.4, 0.5) is 0 Å². The average molecular weight is 344 g/mol. The van der Waals surface area contributed by atoms with Crippen molar-refractivity contribution >= 4 is 35.0 Å². The van der Waals surface area contributed by atoms with E-state index in [1.165, 1.54) is 0 Å². The molecule has 1 aromatic carbocycles. The molecule has 1 heterocycles. The number of hydrogen-bond donors (Lipinski definition) is 0. The van der Waals surface area contributed by atoms with E-state index in [1.54, 1.807) is 30.0 Å². The predicted octanol–water partition coefficient (Wildman–Crippen LogP) is 4.25. The first-order valence-corrected chi connectivity index (χ1v) is 8.08. The summed E-state index contributed by atoms with van der Waals surface area (Å²) in [4.78, 5) is 0. The molecule has 2 rings (SSSR count).